The van der Waals surface area contributed by atoms with Gasteiger partial charge in [0.25, 0.3) is 11.6 Å². The van der Waals surface area contributed by atoms with Crippen molar-refractivity contribution in [3.05, 3.63) is 58.1 Å². The molecule has 0 spiro atoms. The van der Waals surface area contributed by atoms with Gasteiger partial charge in [0.15, 0.2) is 0 Å². The fourth-order valence-electron chi connectivity index (χ4n) is 2.81. The lowest BCUT2D eigenvalue weighted by atomic mass is 10.1. The monoisotopic (exact) mass is 386 g/mol. The molecule has 0 aliphatic carbocycles. The Hall–Kier alpha value is -3.13. The van der Waals surface area contributed by atoms with Crippen LogP contribution in [-0.4, -0.2) is 44.2 Å². The number of hydrogen-bond donors (Lipinski definition) is 2. The van der Waals surface area contributed by atoms with Crippen LogP contribution >= 0.6 is 0 Å². The molecule has 0 saturated heterocycles. The second kappa shape index (κ2) is 10.3. The second-order valence-electron chi connectivity index (χ2n) is 6.08. The summed E-state index contributed by atoms with van der Waals surface area (Å²) in [7, 11) is 1.55. The smallest absolute Gasteiger partial charge is 0.293 e. The molecular weight excluding hydrogens is 360 g/mol. The molecule has 0 fully saturated rings. The van der Waals surface area contributed by atoms with Gasteiger partial charge in [0, 0.05) is 49.7 Å². The number of rotatable bonds is 10. The summed E-state index contributed by atoms with van der Waals surface area (Å²) in [5.74, 6) is -0.401. The molecule has 0 saturated carbocycles. The number of amides is 1. The quantitative estimate of drug-likeness (QED) is 0.367. The zero-order valence-corrected chi connectivity index (χ0v) is 16.4. The Kier molecular flexibility index (Phi) is 7.76. The fraction of sp³-hybridized carbons (Fsp3) is 0.350. The highest BCUT2D eigenvalue weighted by Crippen LogP contribution is 2.26. The molecule has 28 heavy (non-hydrogen) atoms. The van der Waals surface area contributed by atoms with Crippen LogP contribution in [0, 0.1) is 10.1 Å². The minimum absolute atomic E-state index is 0.152. The van der Waals surface area contributed by atoms with Gasteiger partial charge in [-0.3, -0.25) is 14.9 Å². The maximum Gasteiger partial charge on any atom is 0.293 e. The summed E-state index contributed by atoms with van der Waals surface area (Å²) in [6.07, 6.45) is 0. The number of nitrogens with zero attached hydrogens (tertiary/aromatic N) is 2. The maximum absolute atomic E-state index is 12.5. The molecule has 0 atom stereocenters. The number of anilines is 3. The van der Waals surface area contributed by atoms with E-state index >= 15 is 0 Å². The third-order valence-electron chi connectivity index (χ3n) is 4.33. The van der Waals surface area contributed by atoms with Crippen LogP contribution in [0.1, 0.15) is 24.2 Å². The van der Waals surface area contributed by atoms with Gasteiger partial charge < -0.3 is 20.3 Å². The number of carbonyl (C=O) groups is 1. The molecule has 0 bridgehead atoms. The largest absolute Gasteiger partial charge is 0.383 e. The van der Waals surface area contributed by atoms with Crippen LogP contribution in [0.15, 0.2) is 42.5 Å². The molecule has 2 N–H and O–H groups in total. The van der Waals surface area contributed by atoms with E-state index in [1.54, 1.807) is 13.2 Å². The minimum Gasteiger partial charge on any atom is -0.383 e. The van der Waals surface area contributed by atoms with Gasteiger partial charge in [-0.2, -0.15) is 0 Å². The summed E-state index contributed by atoms with van der Waals surface area (Å²) in [5, 5.41) is 17.1. The van der Waals surface area contributed by atoms with Crippen molar-refractivity contribution in [2.45, 2.75) is 13.8 Å². The van der Waals surface area contributed by atoms with E-state index < -0.39 is 10.8 Å². The van der Waals surface area contributed by atoms with Crippen molar-refractivity contribution in [1.29, 1.82) is 0 Å². The lowest BCUT2D eigenvalue weighted by Crippen LogP contribution is -2.21. The van der Waals surface area contributed by atoms with Crippen LogP contribution in [0.2, 0.25) is 0 Å². The molecule has 0 unspecified atom stereocenters. The van der Waals surface area contributed by atoms with E-state index in [1.165, 1.54) is 12.1 Å². The Morgan fingerprint density at radius 3 is 2.39 bits per heavy atom. The summed E-state index contributed by atoms with van der Waals surface area (Å²) < 4.78 is 4.93. The van der Waals surface area contributed by atoms with Crippen molar-refractivity contribution in [2.24, 2.45) is 0 Å². The van der Waals surface area contributed by atoms with Crippen molar-refractivity contribution in [1.82, 2.24) is 0 Å². The molecule has 0 aliphatic rings. The van der Waals surface area contributed by atoms with Gasteiger partial charge in [0.1, 0.15) is 5.69 Å². The highest BCUT2D eigenvalue weighted by Gasteiger charge is 2.17. The second-order valence-corrected chi connectivity index (χ2v) is 6.08. The van der Waals surface area contributed by atoms with Gasteiger partial charge in [-0.25, -0.2) is 0 Å². The van der Waals surface area contributed by atoms with Gasteiger partial charge in [0.05, 0.1) is 11.5 Å². The molecule has 2 aromatic rings. The summed E-state index contributed by atoms with van der Waals surface area (Å²) in [4.78, 5) is 25.5. The van der Waals surface area contributed by atoms with Crippen LogP contribution in [0.5, 0.6) is 0 Å². The van der Waals surface area contributed by atoms with Crippen molar-refractivity contribution < 1.29 is 14.5 Å². The van der Waals surface area contributed by atoms with Gasteiger partial charge in [-0.15, -0.1) is 0 Å². The van der Waals surface area contributed by atoms with Crippen molar-refractivity contribution in [3.63, 3.8) is 0 Å². The molecule has 2 rings (SSSR count). The van der Waals surface area contributed by atoms with Gasteiger partial charge >= 0.3 is 0 Å². The maximum atomic E-state index is 12.5. The van der Waals surface area contributed by atoms with E-state index in [0.717, 1.165) is 18.8 Å². The van der Waals surface area contributed by atoms with Crippen LogP contribution in [0.25, 0.3) is 0 Å². The number of carbonyl (C=O) groups excluding carboxylic acids is 1. The first kappa shape index (κ1) is 21.2. The van der Waals surface area contributed by atoms with E-state index in [2.05, 4.69) is 29.4 Å². The van der Waals surface area contributed by atoms with Crippen LogP contribution in [0.3, 0.4) is 0 Å². The zero-order chi connectivity index (χ0) is 20.5. The fourth-order valence-corrected chi connectivity index (χ4v) is 2.81. The Balaban J connectivity index is 2.13. The van der Waals surface area contributed by atoms with E-state index in [-0.39, 0.29) is 11.3 Å². The standard InChI is InChI=1S/C20H26N4O4/c1-4-23(5-2)17-9-7-16(8-10-17)22-20(25)15-6-11-18(21-12-13-28-3)19(14-15)24(26)27/h6-11,14,21H,4-5,12-13H2,1-3H3,(H,22,25). The van der Waals surface area contributed by atoms with Crippen molar-refractivity contribution >= 4 is 28.7 Å². The van der Waals surface area contributed by atoms with E-state index in [9.17, 15) is 14.9 Å². The van der Waals surface area contributed by atoms with Crippen LogP contribution in [0.4, 0.5) is 22.7 Å². The van der Waals surface area contributed by atoms with E-state index in [1.807, 2.05) is 24.3 Å². The molecule has 0 heterocycles. The van der Waals surface area contributed by atoms with Crippen molar-refractivity contribution in [3.8, 4) is 0 Å². The van der Waals surface area contributed by atoms with E-state index in [4.69, 9.17) is 4.74 Å². The lowest BCUT2D eigenvalue weighted by molar-refractivity contribution is -0.384. The topological polar surface area (TPSA) is 96.7 Å². The Morgan fingerprint density at radius 1 is 1.14 bits per heavy atom. The normalized spacial score (nSPS) is 10.4. The number of ether oxygens (including phenoxy) is 1. The third-order valence-corrected chi connectivity index (χ3v) is 4.33. The zero-order valence-electron chi connectivity index (χ0n) is 16.4. The predicted molar refractivity (Wildman–Crippen MR) is 111 cm³/mol. The minimum atomic E-state index is -0.509. The number of benzene rings is 2. The molecule has 1 amide bonds. The highest BCUT2D eigenvalue weighted by atomic mass is 16.6. The molecule has 0 aliphatic heterocycles. The Labute approximate surface area is 164 Å². The average Bonchev–Trinajstić information content (AvgIpc) is 2.70. The molecule has 0 radical (unpaired) electrons. The molecular formula is C20H26N4O4. The van der Waals surface area contributed by atoms with Crippen LogP contribution in [-0.2, 0) is 4.74 Å². The number of nitro benzene ring substituents is 1. The number of methoxy groups -OCH3 is 1. The van der Waals surface area contributed by atoms with Crippen molar-refractivity contribution in [2.75, 3.05) is 48.9 Å². The highest BCUT2D eigenvalue weighted by molar-refractivity contribution is 6.05. The third kappa shape index (κ3) is 5.43. The first-order chi connectivity index (χ1) is 13.5. The average molecular weight is 386 g/mol. The Bertz CT molecular complexity index is 804. The first-order valence-corrected chi connectivity index (χ1v) is 9.17. The summed E-state index contributed by atoms with van der Waals surface area (Å²) in [5.41, 5.74) is 2.12. The SMILES string of the molecule is CCN(CC)c1ccc(NC(=O)c2ccc(NCCOC)c([N+](=O)[O-])c2)cc1. The molecule has 2 aromatic carbocycles. The molecule has 0 aromatic heterocycles. The number of hydrogen-bond acceptors (Lipinski definition) is 6. The first-order valence-electron chi connectivity index (χ1n) is 9.17. The molecule has 150 valence electrons. The molecule has 8 nitrogen and oxygen atoms in total. The van der Waals surface area contributed by atoms with Crippen LogP contribution < -0.4 is 15.5 Å². The van der Waals surface area contributed by atoms with Gasteiger partial charge in [-0.05, 0) is 50.2 Å². The summed E-state index contributed by atoms with van der Waals surface area (Å²) in [6.45, 7) is 6.82. The molecule has 8 heteroatoms. The van der Waals surface area contributed by atoms with Gasteiger partial charge in [0.2, 0.25) is 0 Å². The van der Waals surface area contributed by atoms with Gasteiger partial charge in [-0.1, -0.05) is 0 Å². The summed E-state index contributed by atoms with van der Waals surface area (Å²) >= 11 is 0. The Morgan fingerprint density at radius 2 is 1.82 bits per heavy atom. The van der Waals surface area contributed by atoms with E-state index in [0.29, 0.717) is 24.5 Å². The number of nitro groups is 1. The lowest BCUT2D eigenvalue weighted by Gasteiger charge is -2.21. The predicted octanol–water partition coefficient (Wildman–Crippen LogP) is 3.75. The number of nitrogens with one attached hydrogen (secondary N) is 2. The summed E-state index contributed by atoms with van der Waals surface area (Å²) in [6, 6.07) is 11.9.